The molecule has 4 heteroatoms. The lowest BCUT2D eigenvalue weighted by Gasteiger charge is -2.15. The molecule has 0 aliphatic heterocycles. The molecule has 4 nitrogen and oxygen atoms in total. The molecule has 0 spiro atoms. The predicted molar refractivity (Wildman–Crippen MR) is 79.3 cm³/mol. The van der Waals surface area contributed by atoms with Crippen LogP contribution >= 0.6 is 0 Å². The van der Waals surface area contributed by atoms with Crippen LogP contribution in [0.5, 0.6) is 0 Å². The van der Waals surface area contributed by atoms with E-state index in [2.05, 4.69) is 23.9 Å². The lowest BCUT2D eigenvalue weighted by Crippen LogP contribution is -2.34. The molecule has 1 atom stereocenters. The van der Waals surface area contributed by atoms with Crippen LogP contribution in [0.1, 0.15) is 36.7 Å². The predicted octanol–water partition coefficient (Wildman–Crippen LogP) is 2.65. The molecule has 0 heterocycles. The number of carbonyl (C=O) groups is 2. The normalized spacial score (nSPS) is 12.4. The molecule has 0 aromatic heterocycles. The van der Waals surface area contributed by atoms with Crippen molar-refractivity contribution >= 4 is 18.0 Å². The third kappa shape index (κ3) is 4.88. The van der Waals surface area contributed by atoms with Crippen molar-refractivity contribution in [3.63, 3.8) is 0 Å². The summed E-state index contributed by atoms with van der Waals surface area (Å²) in [4.78, 5) is 23.0. The first kappa shape index (κ1) is 16.0. The van der Waals surface area contributed by atoms with Gasteiger partial charge in [0.25, 0.3) is 0 Å². The van der Waals surface area contributed by atoms with E-state index < -0.39 is 0 Å². The van der Waals surface area contributed by atoms with E-state index >= 15 is 0 Å². The number of ether oxygens (including phenoxy) is 1. The van der Waals surface area contributed by atoms with Crippen molar-refractivity contribution in [1.29, 1.82) is 0 Å². The number of nitrogens with one attached hydrogen (secondary N) is 1. The van der Waals surface area contributed by atoms with Gasteiger partial charge in [0, 0.05) is 12.1 Å². The standard InChI is InChI=1S/C16H21NO3/c1-11(2)12(3)17-15(18)10-7-13-5-8-14(9-6-13)16(19)20-4/h5-12H,1-4H3,(H,17,18)/b10-7+. The summed E-state index contributed by atoms with van der Waals surface area (Å²) in [5.74, 6) is -0.0982. The monoisotopic (exact) mass is 275 g/mol. The van der Waals surface area contributed by atoms with Crippen molar-refractivity contribution in [2.75, 3.05) is 7.11 Å². The zero-order valence-corrected chi connectivity index (χ0v) is 12.3. The van der Waals surface area contributed by atoms with Crippen molar-refractivity contribution < 1.29 is 14.3 Å². The summed E-state index contributed by atoms with van der Waals surface area (Å²) in [7, 11) is 1.34. The molecule has 1 amide bonds. The number of hydrogen-bond donors (Lipinski definition) is 1. The van der Waals surface area contributed by atoms with Crippen molar-refractivity contribution in [3.05, 3.63) is 41.5 Å². The van der Waals surface area contributed by atoms with E-state index in [4.69, 9.17) is 0 Å². The number of amides is 1. The van der Waals surface area contributed by atoms with Crippen LogP contribution in [0.2, 0.25) is 0 Å². The Morgan fingerprint density at radius 3 is 2.25 bits per heavy atom. The lowest BCUT2D eigenvalue weighted by molar-refractivity contribution is -0.117. The van der Waals surface area contributed by atoms with Gasteiger partial charge in [-0.15, -0.1) is 0 Å². The molecule has 1 rings (SSSR count). The first-order chi connectivity index (χ1) is 9.43. The number of methoxy groups -OCH3 is 1. The molecule has 1 unspecified atom stereocenters. The topological polar surface area (TPSA) is 55.4 Å². The van der Waals surface area contributed by atoms with Crippen LogP contribution in [0.3, 0.4) is 0 Å². The molecule has 1 aromatic carbocycles. The highest BCUT2D eigenvalue weighted by Gasteiger charge is 2.08. The van der Waals surface area contributed by atoms with Gasteiger partial charge in [0.2, 0.25) is 5.91 Å². The van der Waals surface area contributed by atoms with Crippen LogP contribution in [-0.2, 0) is 9.53 Å². The molecular weight excluding hydrogens is 254 g/mol. The zero-order valence-electron chi connectivity index (χ0n) is 12.3. The van der Waals surface area contributed by atoms with E-state index in [0.29, 0.717) is 11.5 Å². The smallest absolute Gasteiger partial charge is 0.337 e. The van der Waals surface area contributed by atoms with Crippen LogP contribution < -0.4 is 5.32 Å². The highest BCUT2D eigenvalue weighted by Crippen LogP contribution is 2.07. The lowest BCUT2D eigenvalue weighted by atomic mass is 10.1. The third-order valence-corrected chi connectivity index (χ3v) is 3.13. The fourth-order valence-electron chi connectivity index (χ4n) is 1.46. The first-order valence-corrected chi connectivity index (χ1v) is 6.61. The molecular formula is C16H21NO3. The van der Waals surface area contributed by atoms with Gasteiger partial charge in [0.15, 0.2) is 0 Å². The summed E-state index contributed by atoms with van der Waals surface area (Å²) < 4.78 is 4.62. The number of esters is 1. The van der Waals surface area contributed by atoms with Crippen molar-refractivity contribution in [2.24, 2.45) is 5.92 Å². The summed E-state index contributed by atoms with van der Waals surface area (Å²) in [6.07, 6.45) is 3.20. The Morgan fingerprint density at radius 2 is 1.75 bits per heavy atom. The number of rotatable bonds is 5. The number of carbonyl (C=O) groups excluding carboxylic acids is 2. The summed E-state index contributed by atoms with van der Waals surface area (Å²) in [5, 5.41) is 2.89. The maximum Gasteiger partial charge on any atom is 0.337 e. The Labute approximate surface area is 119 Å². The van der Waals surface area contributed by atoms with Crippen molar-refractivity contribution in [2.45, 2.75) is 26.8 Å². The van der Waals surface area contributed by atoms with Gasteiger partial charge in [0.1, 0.15) is 0 Å². The van der Waals surface area contributed by atoms with Gasteiger partial charge >= 0.3 is 5.97 Å². The van der Waals surface area contributed by atoms with E-state index in [1.54, 1.807) is 30.3 Å². The summed E-state index contributed by atoms with van der Waals surface area (Å²) in [6.45, 7) is 6.09. The second kappa shape index (κ2) is 7.48. The van der Waals surface area contributed by atoms with Crippen LogP contribution in [-0.4, -0.2) is 25.0 Å². The van der Waals surface area contributed by atoms with Crippen molar-refractivity contribution in [3.8, 4) is 0 Å². The number of benzene rings is 1. The molecule has 0 fully saturated rings. The van der Waals surface area contributed by atoms with Gasteiger partial charge in [-0.1, -0.05) is 26.0 Å². The van der Waals surface area contributed by atoms with Crippen LogP contribution in [0, 0.1) is 5.92 Å². The molecule has 0 aliphatic carbocycles. The van der Waals surface area contributed by atoms with Crippen LogP contribution in [0.4, 0.5) is 0 Å². The quantitative estimate of drug-likeness (QED) is 0.664. The average Bonchev–Trinajstić information content (AvgIpc) is 2.44. The minimum Gasteiger partial charge on any atom is -0.465 e. The Kier molecular flexibility index (Phi) is 5.97. The van der Waals surface area contributed by atoms with Gasteiger partial charge in [0.05, 0.1) is 12.7 Å². The maximum atomic E-state index is 11.7. The van der Waals surface area contributed by atoms with Gasteiger partial charge in [-0.2, -0.15) is 0 Å². The largest absolute Gasteiger partial charge is 0.465 e. The molecule has 0 aliphatic rings. The summed E-state index contributed by atoms with van der Waals surface area (Å²) in [6, 6.07) is 7.00. The Morgan fingerprint density at radius 1 is 1.15 bits per heavy atom. The Hall–Kier alpha value is -2.10. The van der Waals surface area contributed by atoms with Gasteiger partial charge in [-0.25, -0.2) is 4.79 Å². The van der Waals surface area contributed by atoms with Gasteiger partial charge in [-0.3, -0.25) is 4.79 Å². The molecule has 20 heavy (non-hydrogen) atoms. The zero-order chi connectivity index (χ0) is 15.1. The van der Waals surface area contributed by atoms with E-state index in [9.17, 15) is 9.59 Å². The molecule has 0 radical (unpaired) electrons. The van der Waals surface area contributed by atoms with E-state index in [1.165, 1.54) is 13.2 Å². The molecule has 0 saturated carbocycles. The SMILES string of the molecule is COC(=O)c1ccc(/C=C/C(=O)NC(C)C(C)C)cc1. The van der Waals surface area contributed by atoms with Crippen molar-refractivity contribution in [1.82, 2.24) is 5.32 Å². The Bertz CT molecular complexity index is 489. The van der Waals surface area contributed by atoms with E-state index in [-0.39, 0.29) is 17.9 Å². The van der Waals surface area contributed by atoms with E-state index in [0.717, 1.165) is 5.56 Å². The molecule has 108 valence electrons. The maximum absolute atomic E-state index is 11.7. The van der Waals surface area contributed by atoms with E-state index in [1.807, 2.05) is 6.92 Å². The van der Waals surface area contributed by atoms with Crippen LogP contribution in [0.15, 0.2) is 30.3 Å². The number of hydrogen-bond acceptors (Lipinski definition) is 3. The second-order valence-electron chi connectivity index (χ2n) is 4.99. The fraction of sp³-hybridized carbons (Fsp3) is 0.375. The fourth-order valence-corrected chi connectivity index (χ4v) is 1.46. The molecule has 0 saturated heterocycles. The average molecular weight is 275 g/mol. The van der Waals surface area contributed by atoms with Gasteiger partial charge < -0.3 is 10.1 Å². The summed E-state index contributed by atoms with van der Waals surface area (Å²) in [5.41, 5.74) is 1.34. The molecule has 1 N–H and O–H groups in total. The first-order valence-electron chi connectivity index (χ1n) is 6.61. The van der Waals surface area contributed by atoms with Gasteiger partial charge in [-0.05, 0) is 36.6 Å². The Balaban J connectivity index is 2.62. The molecule has 0 bridgehead atoms. The summed E-state index contributed by atoms with van der Waals surface area (Å²) >= 11 is 0. The second-order valence-corrected chi connectivity index (χ2v) is 4.99. The third-order valence-electron chi connectivity index (χ3n) is 3.13. The van der Waals surface area contributed by atoms with Crippen LogP contribution in [0.25, 0.3) is 6.08 Å². The minimum atomic E-state index is -0.371. The molecule has 1 aromatic rings. The highest BCUT2D eigenvalue weighted by atomic mass is 16.5. The highest BCUT2D eigenvalue weighted by molar-refractivity contribution is 5.92. The minimum absolute atomic E-state index is 0.122.